The molecule has 1 unspecified atom stereocenters. The van der Waals surface area contributed by atoms with Crippen molar-refractivity contribution in [3.05, 3.63) is 0 Å². The highest BCUT2D eigenvalue weighted by atomic mass is 16.5. The van der Waals surface area contributed by atoms with E-state index in [9.17, 15) is 0 Å². The molecule has 23 heavy (non-hydrogen) atoms. The third-order valence-electron chi connectivity index (χ3n) is 5.28. The van der Waals surface area contributed by atoms with Crippen LogP contribution in [0, 0.1) is 10.8 Å². The van der Waals surface area contributed by atoms with Crippen molar-refractivity contribution in [3.63, 3.8) is 0 Å². The minimum atomic E-state index is 0.0997. The molecule has 134 valence electrons. The van der Waals surface area contributed by atoms with Crippen molar-refractivity contribution in [3.8, 4) is 0 Å². The van der Waals surface area contributed by atoms with Gasteiger partial charge in [-0.05, 0) is 37.0 Å². The van der Waals surface area contributed by atoms with E-state index in [1.165, 1.54) is 19.3 Å². The molecule has 1 spiro atoms. The van der Waals surface area contributed by atoms with E-state index in [1.807, 2.05) is 0 Å². The van der Waals surface area contributed by atoms with Gasteiger partial charge in [0.2, 0.25) is 0 Å². The Morgan fingerprint density at radius 2 is 2.00 bits per heavy atom. The van der Waals surface area contributed by atoms with Crippen LogP contribution in [0.4, 0.5) is 0 Å². The summed E-state index contributed by atoms with van der Waals surface area (Å²) in [6.45, 7) is 14.4. The van der Waals surface area contributed by atoms with Crippen LogP contribution in [-0.4, -0.2) is 63.5 Å². The molecule has 2 heterocycles. The second-order valence-electron chi connectivity index (χ2n) is 8.07. The Balaban J connectivity index is 2.02. The lowest BCUT2D eigenvalue weighted by Crippen LogP contribution is -2.43. The first-order valence-electron chi connectivity index (χ1n) is 9.04. The van der Waals surface area contributed by atoms with Crippen LogP contribution < -0.4 is 5.32 Å². The second kappa shape index (κ2) is 7.84. The number of likely N-dealkylation sites (tertiary alicyclic amines) is 1. The van der Waals surface area contributed by atoms with Gasteiger partial charge in [0.25, 0.3) is 0 Å². The van der Waals surface area contributed by atoms with E-state index in [-0.39, 0.29) is 11.5 Å². The Morgan fingerprint density at radius 3 is 2.57 bits per heavy atom. The number of nitrogens with one attached hydrogen (secondary N) is 1. The van der Waals surface area contributed by atoms with Crippen molar-refractivity contribution in [1.82, 2.24) is 10.2 Å². The normalized spacial score (nSPS) is 23.3. The predicted octanol–water partition coefficient (Wildman–Crippen LogP) is 2.52. The summed E-state index contributed by atoms with van der Waals surface area (Å²) in [7, 11) is 1.78. The molecule has 0 saturated carbocycles. The monoisotopic (exact) mass is 325 g/mol. The molecule has 2 aliphatic rings. The first-order valence-corrected chi connectivity index (χ1v) is 9.04. The number of nitrogens with zero attached hydrogens (tertiary/aromatic N) is 2. The van der Waals surface area contributed by atoms with E-state index in [0.717, 1.165) is 38.8 Å². The lowest BCUT2D eigenvalue weighted by molar-refractivity contribution is 0.0211. The molecule has 1 N–H and O–H groups in total. The van der Waals surface area contributed by atoms with E-state index in [2.05, 4.69) is 37.9 Å². The molecule has 5 heteroatoms. The standard InChI is InChI=1S/C18H35N3O2/c1-6-19-16(20-13-15(22-5)17(2,3)4)21-10-7-18(14-21)8-11-23-12-9-18/h15H,6-14H2,1-5H3,(H,19,20). The van der Waals surface area contributed by atoms with Crippen LogP contribution in [0.2, 0.25) is 0 Å². The lowest BCUT2D eigenvalue weighted by atomic mass is 9.80. The van der Waals surface area contributed by atoms with Gasteiger partial charge in [-0.15, -0.1) is 0 Å². The highest BCUT2D eigenvalue weighted by Gasteiger charge is 2.40. The molecule has 2 rings (SSSR count). The highest BCUT2D eigenvalue weighted by molar-refractivity contribution is 5.80. The maximum atomic E-state index is 5.65. The average molecular weight is 325 g/mol. The Bertz CT molecular complexity index is 398. The zero-order valence-corrected chi connectivity index (χ0v) is 15.7. The third-order valence-corrected chi connectivity index (χ3v) is 5.28. The zero-order chi connectivity index (χ0) is 16.9. The van der Waals surface area contributed by atoms with Crippen LogP contribution in [0.5, 0.6) is 0 Å². The Kier molecular flexibility index (Phi) is 6.32. The maximum Gasteiger partial charge on any atom is 0.194 e. The summed E-state index contributed by atoms with van der Waals surface area (Å²) in [6, 6.07) is 0. The molecule has 0 aromatic rings. The average Bonchev–Trinajstić information content (AvgIpc) is 2.89. The van der Waals surface area contributed by atoms with Gasteiger partial charge in [-0.2, -0.15) is 0 Å². The minimum Gasteiger partial charge on any atom is -0.381 e. The Hall–Kier alpha value is -0.810. The molecule has 0 amide bonds. The summed E-state index contributed by atoms with van der Waals surface area (Å²) >= 11 is 0. The minimum absolute atomic E-state index is 0.0997. The van der Waals surface area contributed by atoms with Gasteiger partial charge >= 0.3 is 0 Å². The number of aliphatic imine (C=N–C) groups is 1. The van der Waals surface area contributed by atoms with Gasteiger partial charge in [0, 0.05) is 40.0 Å². The summed E-state index contributed by atoms with van der Waals surface area (Å²) < 4.78 is 11.2. The fraction of sp³-hybridized carbons (Fsp3) is 0.944. The molecular weight excluding hydrogens is 290 g/mol. The second-order valence-corrected chi connectivity index (χ2v) is 8.07. The summed E-state index contributed by atoms with van der Waals surface area (Å²) in [5.41, 5.74) is 0.543. The predicted molar refractivity (Wildman–Crippen MR) is 94.9 cm³/mol. The van der Waals surface area contributed by atoms with E-state index >= 15 is 0 Å². The van der Waals surface area contributed by atoms with E-state index in [0.29, 0.717) is 12.0 Å². The third kappa shape index (κ3) is 4.83. The number of hydrogen-bond acceptors (Lipinski definition) is 3. The fourth-order valence-corrected chi connectivity index (χ4v) is 3.63. The number of rotatable bonds is 4. The van der Waals surface area contributed by atoms with Crippen molar-refractivity contribution in [2.75, 3.05) is 46.5 Å². The van der Waals surface area contributed by atoms with Gasteiger partial charge in [-0.25, -0.2) is 0 Å². The molecule has 0 bridgehead atoms. The fourth-order valence-electron chi connectivity index (χ4n) is 3.63. The Labute approximate surface area is 141 Å². The molecule has 5 nitrogen and oxygen atoms in total. The van der Waals surface area contributed by atoms with Gasteiger partial charge in [0.05, 0.1) is 12.6 Å². The number of hydrogen-bond donors (Lipinski definition) is 1. The summed E-state index contributed by atoms with van der Waals surface area (Å²) in [4.78, 5) is 7.32. The van der Waals surface area contributed by atoms with Gasteiger partial charge in [0.1, 0.15) is 0 Å². The summed E-state index contributed by atoms with van der Waals surface area (Å²) in [6.07, 6.45) is 3.76. The molecule has 0 aliphatic carbocycles. The molecular formula is C18H35N3O2. The zero-order valence-electron chi connectivity index (χ0n) is 15.7. The van der Waals surface area contributed by atoms with Gasteiger partial charge in [0.15, 0.2) is 5.96 Å². The van der Waals surface area contributed by atoms with Crippen molar-refractivity contribution in [2.45, 2.75) is 53.1 Å². The van der Waals surface area contributed by atoms with Gasteiger partial charge in [-0.3, -0.25) is 4.99 Å². The van der Waals surface area contributed by atoms with Crippen LogP contribution in [0.25, 0.3) is 0 Å². The van der Waals surface area contributed by atoms with Gasteiger partial charge < -0.3 is 19.7 Å². The molecule has 1 atom stereocenters. The van der Waals surface area contributed by atoms with Crippen LogP contribution in [0.15, 0.2) is 4.99 Å². The summed E-state index contributed by atoms with van der Waals surface area (Å²) in [5.74, 6) is 1.04. The first-order chi connectivity index (χ1) is 10.9. The molecule has 2 fully saturated rings. The molecule has 0 aromatic heterocycles. The summed E-state index contributed by atoms with van der Waals surface area (Å²) in [5, 5.41) is 3.47. The molecule has 2 saturated heterocycles. The van der Waals surface area contributed by atoms with Crippen molar-refractivity contribution in [1.29, 1.82) is 0 Å². The van der Waals surface area contributed by atoms with Crippen molar-refractivity contribution < 1.29 is 9.47 Å². The maximum absolute atomic E-state index is 5.65. The lowest BCUT2D eigenvalue weighted by Gasteiger charge is -2.34. The largest absolute Gasteiger partial charge is 0.381 e. The molecule has 0 radical (unpaired) electrons. The Morgan fingerprint density at radius 1 is 1.30 bits per heavy atom. The van der Waals surface area contributed by atoms with Gasteiger partial charge in [-0.1, -0.05) is 20.8 Å². The number of guanidine groups is 1. The quantitative estimate of drug-likeness (QED) is 0.637. The van der Waals surface area contributed by atoms with Crippen LogP contribution in [0.3, 0.4) is 0 Å². The number of ether oxygens (including phenoxy) is 2. The van der Waals surface area contributed by atoms with Crippen LogP contribution >= 0.6 is 0 Å². The van der Waals surface area contributed by atoms with Crippen LogP contribution in [-0.2, 0) is 9.47 Å². The SMILES string of the molecule is CCNC(=NCC(OC)C(C)(C)C)N1CCC2(CCOCC2)C1. The highest BCUT2D eigenvalue weighted by Crippen LogP contribution is 2.39. The molecule has 0 aromatic carbocycles. The smallest absolute Gasteiger partial charge is 0.194 e. The van der Waals surface area contributed by atoms with E-state index < -0.39 is 0 Å². The van der Waals surface area contributed by atoms with E-state index in [1.54, 1.807) is 7.11 Å². The topological polar surface area (TPSA) is 46.1 Å². The van der Waals surface area contributed by atoms with Crippen molar-refractivity contribution >= 4 is 5.96 Å². The first kappa shape index (κ1) is 18.5. The van der Waals surface area contributed by atoms with E-state index in [4.69, 9.17) is 14.5 Å². The van der Waals surface area contributed by atoms with Crippen molar-refractivity contribution in [2.24, 2.45) is 15.8 Å². The van der Waals surface area contributed by atoms with Crippen LogP contribution in [0.1, 0.15) is 47.0 Å². The number of methoxy groups -OCH3 is 1. The molecule has 2 aliphatic heterocycles.